The van der Waals surface area contributed by atoms with E-state index in [0.717, 1.165) is 13.0 Å². The number of aromatic carboxylic acids is 1. The van der Waals surface area contributed by atoms with Gasteiger partial charge in [0.15, 0.2) is 5.65 Å². The van der Waals surface area contributed by atoms with E-state index in [1.54, 1.807) is 17.9 Å². The van der Waals surface area contributed by atoms with Crippen molar-refractivity contribution in [2.75, 3.05) is 18.1 Å². The van der Waals surface area contributed by atoms with Crippen LogP contribution >= 0.6 is 0 Å². The lowest BCUT2D eigenvalue weighted by Gasteiger charge is -2.28. The van der Waals surface area contributed by atoms with Gasteiger partial charge in [-0.2, -0.15) is 5.10 Å². The van der Waals surface area contributed by atoms with Crippen molar-refractivity contribution in [1.82, 2.24) is 14.8 Å². The molecule has 2 aromatic heterocycles. The van der Waals surface area contributed by atoms with Crippen LogP contribution in [0.5, 0.6) is 0 Å². The molecule has 0 saturated carbocycles. The van der Waals surface area contributed by atoms with Crippen LogP contribution in [0.2, 0.25) is 0 Å². The standard InChI is InChI=1S/C14H18N4O3/c1-8-3-4-18(11(8)7-19)12-9-6-16-17(2)13(9)15-5-10(12)14(20)21/h5-6,8,11,19H,3-4,7H2,1-2H3,(H,20,21). The van der Waals surface area contributed by atoms with Gasteiger partial charge in [0.25, 0.3) is 0 Å². The van der Waals surface area contributed by atoms with Crippen LogP contribution in [-0.4, -0.2) is 50.1 Å². The number of aryl methyl sites for hydroxylation is 1. The number of hydrogen-bond donors (Lipinski definition) is 2. The Balaban J connectivity index is 2.23. The Morgan fingerprint density at radius 2 is 2.24 bits per heavy atom. The zero-order valence-corrected chi connectivity index (χ0v) is 12.0. The largest absolute Gasteiger partial charge is 0.478 e. The highest BCUT2D eigenvalue weighted by atomic mass is 16.4. The normalized spacial score (nSPS) is 22.1. The highest BCUT2D eigenvalue weighted by molar-refractivity contribution is 6.03. The first-order valence-corrected chi connectivity index (χ1v) is 6.96. The molecular formula is C14H18N4O3. The Morgan fingerprint density at radius 1 is 1.48 bits per heavy atom. The van der Waals surface area contributed by atoms with Gasteiger partial charge in [-0.15, -0.1) is 0 Å². The number of carboxylic acids is 1. The summed E-state index contributed by atoms with van der Waals surface area (Å²) < 4.78 is 1.62. The summed E-state index contributed by atoms with van der Waals surface area (Å²) in [4.78, 5) is 17.7. The molecule has 2 atom stereocenters. The van der Waals surface area contributed by atoms with Crippen LogP contribution in [0.4, 0.5) is 5.69 Å². The third kappa shape index (κ3) is 2.04. The highest BCUT2D eigenvalue weighted by Gasteiger charge is 2.34. The molecule has 3 rings (SSSR count). The molecule has 1 aliphatic rings. The van der Waals surface area contributed by atoms with Crippen LogP contribution < -0.4 is 4.90 Å². The number of pyridine rings is 1. The number of rotatable bonds is 3. The van der Waals surface area contributed by atoms with Gasteiger partial charge in [0.05, 0.1) is 29.9 Å². The zero-order chi connectivity index (χ0) is 15.1. The number of aromatic nitrogens is 3. The number of anilines is 1. The lowest BCUT2D eigenvalue weighted by Crippen LogP contribution is -2.36. The first kappa shape index (κ1) is 13.8. The summed E-state index contributed by atoms with van der Waals surface area (Å²) in [5, 5.41) is 24.0. The summed E-state index contributed by atoms with van der Waals surface area (Å²) in [6.45, 7) is 2.80. The number of fused-ring (bicyclic) bond motifs is 1. The number of aliphatic hydroxyl groups is 1. The fraction of sp³-hybridized carbons (Fsp3) is 0.500. The molecule has 2 unspecified atom stereocenters. The van der Waals surface area contributed by atoms with Crippen molar-refractivity contribution < 1.29 is 15.0 Å². The molecule has 0 radical (unpaired) electrons. The van der Waals surface area contributed by atoms with Crippen molar-refractivity contribution >= 4 is 22.7 Å². The van der Waals surface area contributed by atoms with Crippen LogP contribution in [0.1, 0.15) is 23.7 Å². The molecule has 3 heterocycles. The van der Waals surface area contributed by atoms with Crippen LogP contribution in [0.25, 0.3) is 11.0 Å². The molecule has 0 spiro atoms. The molecule has 0 bridgehead atoms. The van der Waals surface area contributed by atoms with E-state index in [2.05, 4.69) is 17.0 Å². The second kappa shape index (κ2) is 5.00. The fourth-order valence-corrected chi connectivity index (χ4v) is 3.11. The van der Waals surface area contributed by atoms with Crippen molar-refractivity contribution in [1.29, 1.82) is 0 Å². The minimum Gasteiger partial charge on any atom is -0.478 e. The van der Waals surface area contributed by atoms with Crippen LogP contribution in [-0.2, 0) is 7.05 Å². The van der Waals surface area contributed by atoms with E-state index >= 15 is 0 Å². The smallest absolute Gasteiger partial charge is 0.339 e. The van der Waals surface area contributed by atoms with Crippen molar-refractivity contribution in [3.05, 3.63) is 18.0 Å². The number of aliphatic hydroxyl groups excluding tert-OH is 1. The first-order valence-electron chi connectivity index (χ1n) is 6.96. The van der Waals surface area contributed by atoms with E-state index in [-0.39, 0.29) is 18.2 Å². The molecule has 2 aromatic rings. The third-order valence-electron chi connectivity index (χ3n) is 4.32. The molecule has 0 aromatic carbocycles. The fourth-order valence-electron chi connectivity index (χ4n) is 3.11. The van der Waals surface area contributed by atoms with E-state index in [1.165, 1.54) is 6.20 Å². The number of carbonyl (C=O) groups is 1. The number of hydrogen-bond acceptors (Lipinski definition) is 5. The maximum absolute atomic E-state index is 11.5. The number of nitrogens with zero attached hydrogens (tertiary/aromatic N) is 4. The molecule has 2 N–H and O–H groups in total. The van der Waals surface area contributed by atoms with Crippen molar-refractivity contribution in [3.63, 3.8) is 0 Å². The van der Waals surface area contributed by atoms with Crippen molar-refractivity contribution in [3.8, 4) is 0 Å². The quantitative estimate of drug-likeness (QED) is 0.871. The second-order valence-corrected chi connectivity index (χ2v) is 5.54. The Bertz CT molecular complexity index is 697. The van der Waals surface area contributed by atoms with Gasteiger partial charge in [0.2, 0.25) is 0 Å². The minimum atomic E-state index is -1.01. The molecule has 7 nitrogen and oxygen atoms in total. The van der Waals surface area contributed by atoms with Gasteiger partial charge in [-0.1, -0.05) is 6.92 Å². The molecule has 1 aliphatic heterocycles. The Morgan fingerprint density at radius 3 is 2.90 bits per heavy atom. The first-order chi connectivity index (χ1) is 10.0. The molecule has 21 heavy (non-hydrogen) atoms. The van der Waals surface area contributed by atoms with Crippen LogP contribution in [0.15, 0.2) is 12.4 Å². The predicted octanol–water partition coefficient (Wildman–Crippen LogP) is 0.874. The molecule has 112 valence electrons. The maximum atomic E-state index is 11.5. The van der Waals surface area contributed by atoms with E-state index < -0.39 is 5.97 Å². The van der Waals surface area contributed by atoms with Gasteiger partial charge >= 0.3 is 5.97 Å². The summed E-state index contributed by atoms with van der Waals surface area (Å²) in [6, 6.07) is -0.0751. The molecule has 1 fully saturated rings. The van der Waals surface area contributed by atoms with E-state index in [0.29, 0.717) is 22.6 Å². The van der Waals surface area contributed by atoms with Crippen LogP contribution in [0, 0.1) is 5.92 Å². The minimum absolute atomic E-state index is 0.00427. The maximum Gasteiger partial charge on any atom is 0.339 e. The zero-order valence-electron chi connectivity index (χ0n) is 12.0. The molecule has 1 saturated heterocycles. The average Bonchev–Trinajstić information content (AvgIpc) is 3.01. The molecular weight excluding hydrogens is 272 g/mol. The molecule has 7 heteroatoms. The van der Waals surface area contributed by atoms with Gasteiger partial charge in [-0.25, -0.2) is 9.78 Å². The second-order valence-electron chi connectivity index (χ2n) is 5.54. The summed E-state index contributed by atoms with van der Waals surface area (Å²) >= 11 is 0. The van der Waals surface area contributed by atoms with Gasteiger partial charge in [0, 0.05) is 19.8 Å². The topological polar surface area (TPSA) is 91.5 Å². The average molecular weight is 290 g/mol. The Labute approximate surface area is 121 Å². The van der Waals surface area contributed by atoms with Gasteiger partial charge in [-0.3, -0.25) is 4.68 Å². The van der Waals surface area contributed by atoms with Gasteiger partial charge in [0.1, 0.15) is 5.56 Å². The Kier molecular flexibility index (Phi) is 3.29. The molecule has 0 amide bonds. The Hall–Kier alpha value is -2.15. The van der Waals surface area contributed by atoms with E-state index in [4.69, 9.17) is 0 Å². The van der Waals surface area contributed by atoms with Crippen LogP contribution in [0.3, 0.4) is 0 Å². The molecule has 0 aliphatic carbocycles. The van der Waals surface area contributed by atoms with Crippen molar-refractivity contribution in [2.45, 2.75) is 19.4 Å². The summed E-state index contributed by atoms with van der Waals surface area (Å²) in [5.74, 6) is -0.698. The van der Waals surface area contributed by atoms with Gasteiger partial charge in [-0.05, 0) is 12.3 Å². The highest BCUT2D eigenvalue weighted by Crippen LogP contribution is 2.36. The summed E-state index contributed by atoms with van der Waals surface area (Å²) in [7, 11) is 1.77. The SMILES string of the molecule is CC1CCN(c2c(C(=O)O)cnc3c2cnn3C)C1CO. The summed E-state index contributed by atoms with van der Waals surface area (Å²) in [5.41, 5.74) is 1.42. The number of carboxylic acid groups (broad SMARTS) is 1. The third-order valence-corrected chi connectivity index (χ3v) is 4.32. The predicted molar refractivity (Wildman–Crippen MR) is 77.5 cm³/mol. The lowest BCUT2D eigenvalue weighted by molar-refractivity contribution is 0.0697. The summed E-state index contributed by atoms with van der Waals surface area (Å²) in [6.07, 6.45) is 3.94. The monoisotopic (exact) mass is 290 g/mol. The van der Waals surface area contributed by atoms with E-state index in [1.807, 2.05) is 4.90 Å². The van der Waals surface area contributed by atoms with Crippen molar-refractivity contribution in [2.24, 2.45) is 13.0 Å². The van der Waals surface area contributed by atoms with E-state index in [9.17, 15) is 15.0 Å². The van der Waals surface area contributed by atoms with Gasteiger partial charge < -0.3 is 15.1 Å². The lowest BCUT2D eigenvalue weighted by atomic mass is 10.0.